The van der Waals surface area contributed by atoms with Crippen molar-refractivity contribution in [2.75, 3.05) is 56.2 Å². The third-order valence-electron chi connectivity index (χ3n) is 16.7. The van der Waals surface area contributed by atoms with Crippen LogP contribution in [0, 0.1) is 28.1 Å². The first-order valence-electron chi connectivity index (χ1n) is 25.7. The molecule has 3 fully saturated rings. The highest BCUT2D eigenvalue weighted by Gasteiger charge is 2.64. The highest BCUT2D eigenvalue weighted by atomic mass is 19.3. The smallest absolute Gasteiger partial charge is 0.264 e. The normalized spacial score (nSPS) is 22.9. The second kappa shape index (κ2) is 19.2. The number of benzene rings is 3. The van der Waals surface area contributed by atoms with Gasteiger partial charge in [-0.2, -0.15) is 15.5 Å². The van der Waals surface area contributed by atoms with Crippen molar-refractivity contribution in [1.82, 2.24) is 34.7 Å². The van der Waals surface area contributed by atoms with Gasteiger partial charge in [-0.25, -0.2) is 8.78 Å². The van der Waals surface area contributed by atoms with Gasteiger partial charge in [0.25, 0.3) is 12.3 Å². The number of likely N-dealkylation sites (tertiary alicyclic amines) is 1. The second-order valence-corrected chi connectivity index (χ2v) is 22.0. The number of rotatable bonds is 11. The first-order valence-corrected chi connectivity index (χ1v) is 25.7. The number of nitrogens with one attached hydrogen (secondary N) is 1. The molecule has 5 aliphatic rings. The van der Waals surface area contributed by atoms with E-state index < -0.39 is 6.43 Å². The fraction of sp³-hybridized carbons (Fsp3) is 0.518. The highest BCUT2D eigenvalue weighted by Crippen LogP contribution is 2.56. The number of nitriles is 1. The number of amides is 2. The number of aromatic nitrogens is 4. The summed E-state index contributed by atoms with van der Waals surface area (Å²) in [7, 11) is 3.33. The highest BCUT2D eigenvalue weighted by molar-refractivity contribution is 5.95. The maximum Gasteiger partial charge on any atom is 0.264 e. The van der Waals surface area contributed by atoms with Crippen molar-refractivity contribution in [2.45, 2.75) is 117 Å². The molecular formula is C56H68F2N10O4. The van der Waals surface area contributed by atoms with Crippen molar-refractivity contribution in [3.63, 3.8) is 0 Å². The number of anilines is 3. The summed E-state index contributed by atoms with van der Waals surface area (Å²) in [5, 5.41) is 22.4. The van der Waals surface area contributed by atoms with Crippen molar-refractivity contribution in [3.8, 4) is 28.7 Å². The molecule has 2 aromatic heterocycles. The molecule has 72 heavy (non-hydrogen) atoms. The van der Waals surface area contributed by atoms with Crippen LogP contribution in [0.1, 0.15) is 118 Å². The van der Waals surface area contributed by atoms with E-state index in [2.05, 4.69) is 82.6 Å². The molecule has 16 heteroatoms. The molecule has 4 aliphatic heterocycles. The third-order valence-corrected chi connectivity index (χ3v) is 16.7. The molecular weight excluding hydrogens is 915 g/mol. The number of aryl methyl sites for hydroxylation is 2. The van der Waals surface area contributed by atoms with Gasteiger partial charge in [-0.05, 0) is 97.7 Å². The first kappa shape index (κ1) is 49.1. The predicted octanol–water partition coefficient (Wildman–Crippen LogP) is 9.25. The molecule has 2 amide bonds. The summed E-state index contributed by atoms with van der Waals surface area (Å²) in [4.78, 5) is 35.7. The van der Waals surface area contributed by atoms with Crippen molar-refractivity contribution in [1.29, 1.82) is 5.26 Å². The summed E-state index contributed by atoms with van der Waals surface area (Å²) < 4.78 is 45.4. The molecule has 0 radical (unpaired) electrons. The van der Waals surface area contributed by atoms with Crippen LogP contribution >= 0.6 is 0 Å². The zero-order valence-electron chi connectivity index (χ0n) is 42.9. The Morgan fingerprint density at radius 1 is 0.944 bits per heavy atom. The lowest BCUT2D eigenvalue weighted by atomic mass is 9.49. The fourth-order valence-corrected chi connectivity index (χ4v) is 13.3. The lowest BCUT2D eigenvalue weighted by Crippen LogP contribution is -2.74. The number of alkyl halides is 2. The van der Waals surface area contributed by atoms with E-state index in [1.54, 1.807) is 55.3 Å². The molecule has 0 unspecified atom stereocenters. The molecule has 1 saturated carbocycles. The molecule has 3 aromatic carbocycles. The molecule has 2 saturated heterocycles. The number of nitrogens with zero attached hydrogens (tertiary/aromatic N) is 9. The Labute approximate surface area is 421 Å². The lowest BCUT2D eigenvalue weighted by molar-refractivity contribution is -0.164. The number of ether oxygens (including phenoxy) is 2. The van der Waals surface area contributed by atoms with Gasteiger partial charge in [-0.3, -0.25) is 23.9 Å². The van der Waals surface area contributed by atoms with E-state index in [0.29, 0.717) is 71.8 Å². The molecule has 14 nitrogen and oxygen atoms in total. The van der Waals surface area contributed by atoms with Gasteiger partial charge in [0.2, 0.25) is 5.91 Å². The second-order valence-electron chi connectivity index (χ2n) is 22.0. The summed E-state index contributed by atoms with van der Waals surface area (Å²) in [6.45, 7) is 17.9. The topological polar surface area (TPSA) is 137 Å². The Balaban J connectivity index is 0.777. The molecule has 0 bridgehead atoms. The van der Waals surface area contributed by atoms with Crippen LogP contribution in [0.25, 0.3) is 11.1 Å². The maximum absolute atomic E-state index is 14.8. The molecule has 0 spiro atoms. The fourth-order valence-electron chi connectivity index (χ4n) is 13.3. The average Bonchev–Trinajstić information content (AvgIpc) is 3.99. The number of methoxy groups -OCH3 is 1. The van der Waals surface area contributed by atoms with Gasteiger partial charge in [-0.1, -0.05) is 34.6 Å². The monoisotopic (exact) mass is 983 g/mol. The van der Waals surface area contributed by atoms with Crippen molar-refractivity contribution in [3.05, 3.63) is 101 Å². The number of carbonyl (C=O) groups excluding carboxylic acids is 2. The van der Waals surface area contributed by atoms with Gasteiger partial charge in [0.05, 0.1) is 31.5 Å². The van der Waals surface area contributed by atoms with Gasteiger partial charge in [0, 0.05) is 134 Å². The van der Waals surface area contributed by atoms with Crippen molar-refractivity contribution >= 4 is 29.0 Å². The molecule has 2 atom stereocenters. The van der Waals surface area contributed by atoms with Gasteiger partial charge >= 0.3 is 0 Å². The Morgan fingerprint density at radius 2 is 1.69 bits per heavy atom. The Kier molecular flexibility index (Phi) is 13.1. The lowest BCUT2D eigenvalue weighted by Gasteiger charge is -2.63. The van der Waals surface area contributed by atoms with Crippen LogP contribution < -0.4 is 24.6 Å². The SMILES string of the molecule is COc1cc(OC2C(C)(C)C(NC(=O)c3ccc(N4CC[C@@H](N5CCC(n6nc(N7CCCc8cc(-c9cnn(C)c9)c(C(F)F)cc87)c7c6CCN(C(C)=O)C7)CC5)[C@@H](C)C4)cc3)C2(C)C)ccc1C#N. The van der Waals surface area contributed by atoms with E-state index in [4.69, 9.17) is 14.6 Å². The number of carbonyl (C=O) groups is 2. The summed E-state index contributed by atoms with van der Waals surface area (Å²) in [6, 6.07) is 19.5. The third kappa shape index (κ3) is 8.85. The van der Waals surface area contributed by atoms with Gasteiger partial charge in [0.15, 0.2) is 5.82 Å². The van der Waals surface area contributed by atoms with Crippen LogP contribution in [0.4, 0.5) is 26.0 Å². The van der Waals surface area contributed by atoms with Crippen molar-refractivity contribution < 1.29 is 27.8 Å². The molecule has 1 N–H and O–H groups in total. The number of halogens is 2. The van der Waals surface area contributed by atoms with Crippen LogP contribution in [0.3, 0.4) is 0 Å². The minimum Gasteiger partial charge on any atom is -0.495 e. The average molecular weight is 983 g/mol. The minimum absolute atomic E-state index is 0.0123. The summed E-state index contributed by atoms with van der Waals surface area (Å²) >= 11 is 0. The van der Waals surface area contributed by atoms with E-state index in [1.807, 2.05) is 23.1 Å². The van der Waals surface area contributed by atoms with E-state index in [0.717, 1.165) is 92.3 Å². The van der Waals surface area contributed by atoms with E-state index in [9.17, 15) is 23.6 Å². The van der Waals surface area contributed by atoms with Gasteiger partial charge in [-0.15, -0.1) is 0 Å². The summed E-state index contributed by atoms with van der Waals surface area (Å²) in [5.74, 6) is 2.23. The van der Waals surface area contributed by atoms with Crippen LogP contribution in [-0.4, -0.2) is 106 Å². The zero-order valence-corrected chi connectivity index (χ0v) is 42.9. The first-order chi connectivity index (χ1) is 34.5. The molecule has 1 aliphatic carbocycles. The van der Waals surface area contributed by atoms with Crippen LogP contribution in [0.15, 0.2) is 67.0 Å². The molecule has 6 heterocycles. The maximum atomic E-state index is 14.8. The Hall–Kier alpha value is -6.47. The van der Waals surface area contributed by atoms with E-state index in [-0.39, 0.29) is 46.4 Å². The minimum atomic E-state index is -2.66. The predicted molar refractivity (Wildman–Crippen MR) is 273 cm³/mol. The number of fused-ring (bicyclic) bond motifs is 2. The largest absolute Gasteiger partial charge is 0.495 e. The zero-order chi connectivity index (χ0) is 50.8. The van der Waals surface area contributed by atoms with Crippen molar-refractivity contribution in [2.24, 2.45) is 23.8 Å². The van der Waals surface area contributed by atoms with Gasteiger partial charge in [0.1, 0.15) is 23.7 Å². The van der Waals surface area contributed by atoms with Crippen LogP contribution in [-0.2, 0) is 31.2 Å². The Morgan fingerprint density at radius 3 is 2.35 bits per heavy atom. The Bertz CT molecular complexity index is 2880. The van der Waals surface area contributed by atoms with Gasteiger partial charge < -0.3 is 29.5 Å². The number of hydrogen-bond acceptors (Lipinski definition) is 10. The standard InChI is InChI=1S/C56H68F2N10O4/c1-34-31-66(40-14-11-36(12-15-40)52(70)61-53-55(3,4)54(56(53,5)6)72-42-16-13-38(29-59)49(27-42)71-8)25-19-46(34)64-22-17-41(18-23-64)68-47-20-24-65(35(2)69)33-45(47)51(62-68)67-21-9-10-37-26-43(39-30-60-63(7)32-39)44(50(57)58)28-48(37)67/h11-16,26-28,30,32,34,41,46,50,53-54H,9-10,17-25,31,33H2,1-8H3,(H,61,70)/t34-,46+,53?,54?/m0/s1. The molecule has 380 valence electrons. The number of hydrogen-bond donors (Lipinski definition) is 1. The summed E-state index contributed by atoms with van der Waals surface area (Å²) in [6.07, 6.45) is 5.88. The number of piperidine rings is 2. The van der Waals surface area contributed by atoms with E-state index >= 15 is 0 Å². The van der Waals surface area contributed by atoms with Crippen LogP contribution in [0.2, 0.25) is 0 Å². The quantitative estimate of drug-likeness (QED) is 0.136. The molecule has 5 aromatic rings. The molecule has 10 rings (SSSR count). The van der Waals surface area contributed by atoms with Crippen LogP contribution in [0.5, 0.6) is 11.5 Å². The summed E-state index contributed by atoms with van der Waals surface area (Å²) in [5.41, 5.74) is 6.62. The van der Waals surface area contributed by atoms with E-state index in [1.165, 1.54) is 7.11 Å².